The summed E-state index contributed by atoms with van der Waals surface area (Å²) >= 11 is 0. The van der Waals surface area contributed by atoms with E-state index in [0.29, 0.717) is 37.6 Å². The zero-order valence-electron chi connectivity index (χ0n) is 16.6. The Morgan fingerprint density at radius 1 is 1.28 bits per heavy atom. The molecule has 2 fully saturated rings. The number of H-pyrrole nitrogens is 1. The van der Waals surface area contributed by atoms with Gasteiger partial charge in [-0.1, -0.05) is 12.1 Å². The van der Waals surface area contributed by atoms with Crippen LogP contribution in [0.15, 0.2) is 36.5 Å². The van der Waals surface area contributed by atoms with E-state index in [9.17, 15) is 8.42 Å². The summed E-state index contributed by atoms with van der Waals surface area (Å²) in [6, 6.07) is 9.99. The molecule has 1 aliphatic heterocycles. The van der Waals surface area contributed by atoms with Crippen molar-refractivity contribution in [1.29, 1.82) is 0 Å². The highest BCUT2D eigenvalue weighted by atomic mass is 32.2. The lowest BCUT2D eigenvalue weighted by Crippen LogP contribution is -2.44. The Hall–Kier alpha value is -2.45. The minimum atomic E-state index is -3.28. The van der Waals surface area contributed by atoms with Gasteiger partial charge >= 0.3 is 0 Å². The number of aromatic nitrogens is 3. The molecule has 2 aromatic heterocycles. The monoisotopic (exact) mass is 414 g/mol. The fraction of sp³-hybridized carbons (Fsp3) is 0.429. The number of morpholine rings is 1. The highest BCUT2D eigenvalue weighted by molar-refractivity contribution is 7.91. The van der Waals surface area contributed by atoms with Crippen LogP contribution in [-0.2, 0) is 19.3 Å². The van der Waals surface area contributed by atoms with E-state index >= 15 is 0 Å². The van der Waals surface area contributed by atoms with Crippen molar-refractivity contribution < 1.29 is 14.6 Å². The van der Waals surface area contributed by atoms with Gasteiger partial charge in [0.25, 0.3) is 0 Å². The van der Waals surface area contributed by atoms with E-state index in [1.165, 1.54) is 6.26 Å². The highest BCUT2D eigenvalue weighted by Gasteiger charge is 2.55. The lowest BCUT2D eigenvalue weighted by atomic mass is 10.1. The van der Waals surface area contributed by atoms with Crippen molar-refractivity contribution in [2.75, 3.05) is 30.9 Å². The fourth-order valence-electron chi connectivity index (χ4n) is 4.21. The molecule has 1 aliphatic carbocycles. The first-order valence-electron chi connectivity index (χ1n) is 9.89. The van der Waals surface area contributed by atoms with Crippen LogP contribution < -0.4 is 4.90 Å². The number of anilines is 1. The Labute approximate surface area is 171 Å². The smallest absolute Gasteiger partial charge is 0.162 e. The van der Waals surface area contributed by atoms with Crippen molar-refractivity contribution in [2.24, 2.45) is 0 Å². The molecule has 3 heterocycles. The Balaban J connectivity index is 0.00000218. The molecule has 1 atom stereocenters. The van der Waals surface area contributed by atoms with Gasteiger partial charge in [-0.15, -0.1) is 0 Å². The van der Waals surface area contributed by atoms with E-state index in [-0.39, 0.29) is 7.47 Å². The number of nitrogens with zero attached hydrogens (tertiary/aromatic N) is 3. The van der Waals surface area contributed by atoms with E-state index in [0.717, 1.165) is 28.8 Å². The van der Waals surface area contributed by atoms with Gasteiger partial charge in [-0.2, -0.15) is 0 Å². The Morgan fingerprint density at radius 3 is 2.83 bits per heavy atom. The molecular formula is C21H26N4O3S. The van der Waals surface area contributed by atoms with Crippen LogP contribution in [-0.4, -0.2) is 55.4 Å². The van der Waals surface area contributed by atoms with Crippen LogP contribution in [0, 0.1) is 0 Å². The molecule has 0 unspecified atom stereocenters. The molecule has 1 saturated carbocycles. The summed E-state index contributed by atoms with van der Waals surface area (Å²) < 4.78 is 29.9. The molecule has 0 radical (unpaired) electrons. The second-order valence-corrected chi connectivity index (χ2v) is 10.4. The molecule has 0 spiro atoms. The first-order valence-corrected chi connectivity index (χ1v) is 11.8. The summed E-state index contributed by atoms with van der Waals surface area (Å²) in [6.45, 7) is 4.07. The predicted octanol–water partition coefficient (Wildman–Crippen LogP) is 3.13. The number of hydrogen-bond acceptors (Lipinski definition) is 6. The number of aromatic amines is 1. The minimum absolute atomic E-state index is 0. The third kappa shape index (κ3) is 3.02. The normalized spacial score (nSPS) is 21.4. The van der Waals surface area contributed by atoms with Crippen LogP contribution in [0.25, 0.3) is 22.3 Å². The number of benzene rings is 1. The molecule has 154 valence electrons. The van der Waals surface area contributed by atoms with Gasteiger partial charge in [-0.25, -0.2) is 18.4 Å². The predicted molar refractivity (Wildman–Crippen MR) is 115 cm³/mol. The van der Waals surface area contributed by atoms with Crippen molar-refractivity contribution in [3.63, 3.8) is 0 Å². The first-order chi connectivity index (χ1) is 13.9. The van der Waals surface area contributed by atoms with E-state index in [2.05, 4.69) is 16.8 Å². The van der Waals surface area contributed by atoms with Crippen LogP contribution in [0.4, 0.5) is 5.82 Å². The molecule has 1 saturated heterocycles. The van der Waals surface area contributed by atoms with Crippen molar-refractivity contribution in [3.8, 4) is 11.4 Å². The SMILES string of the molecule is C[C@@H]1COCCN1c1cc(C2(S(C)(=O)=O)CC2)nc(-c2cccc3[nH]ccc23)n1.[HH]. The van der Waals surface area contributed by atoms with E-state index in [4.69, 9.17) is 14.7 Å². The third-order valence-corrected chi connectivity index (χ3v) is 8.13. The Bertz CT molecular complexity index is 1190. The molecular weight excluding hydrogens is 388 g/mol. The summed E-state index contributed by atoms with van der Waals surface area (Å²) in [6.07, 6.45) is 4.41. The number of sulfone groups is 1. The Kier molecular flexibility index (Phi) is 4.18. The molecule has 1 N–H and O–H groups in total. The topological polar surface area (TPSA) is 88.2 Å². The Morgan fingerprint density at radius 2 is 2.10 bits per heavy atom. The molecule has 29 heavy (non-hydrogen) atoms. The lowest BCUT2D eigenvalue weighted by Gasteiger charge is -2.34. The fourth-order valence-corrected chi connectivity index (χ4v) is 5.54. The molecule has 5 rings (SSSR count). The number of hydrogen-bond donors (Lipinski definition) is 1. The second kappa shape index (κ2) is 6.53. The highest BCUT2D eigenvalue weighted by Crippen LogP contribution is 2.52. The van der Waals surface area contributed by atoms with Crippen LogP contribution in [0.1, 0.15) is 26.9 Å². The zero-order chi connectivity index (χ0) is 20.2. The largest absolute Gasteiger partial charge is 0.377 e. The van der Waals surface area contributed by atoms with Crippen LogP contribution in [0.3, 0.4) is 0 Å². The summed E-state index contributed by atoms with van der Waals surface area (Å²) in [5.41, 5.74) is 2.50. The molecule has 0 amide bonds. The molecule has 3 aromatic rings. The van der Waals surface area contributed by atoms with Gasteiger partial charge in [0.05, 0.1) is 24.9 Å². The summed E-state index contributed by atoms with van der Waals surface area (Å²) in [5, 5.41) is 1.02. The van der Waals surface area contributed by atoms with Crippen LogP contribution in [0.5, 0.6) is 0 Å². The maximum Gasteiger partial charge on any atom is 0.162 e. The van der Waals surface area contributed by atoms with Gasteiger partial charge < -0.3 is 14.6 Å². The quantitative estimate of drug-likeness (QED) is 0.706. The van der Waals surface area contributed by atoms with E-state index < -0.39 is 14.6 Å². The van der Waals surface area contributed by atoms with Gasteiger partial charge in [0.15, 0.2) is 15.7 Å². The number of ether oxygens (including phenoxy) is 1. The van der Waals surface area contributed by atoms with Crippen LogP contribution in [0.2, 0.25) is 0 Å². The molecule has 0 bridgehead atoms. The van der Waals surface area contributed by atoms with Crippen molar-refractivity contribution in [1.82, 2.24) is 15.0 Å². The molecule has 2 aliphatic rings. The number of nitrogens with one attached hydrogen (secondary N) is 1. The lowest BCUT2D eigenvalue weighted by molar-refractivity contribution is 0.0985. The van der Waals surface area contributed by atoms with Gasteiger partial charge in [0.1, 0.15) is 10.6 Å². The van der Waals surface area contributed by atoms with Crippen molar-refractivity contribution >= 4 is 26.6 Å². The third-order valence-electron chi connectivity index (χ3n) is 6.09. The van der Waals surface area contributed by atoms with Crippen LogP contribution >= 0.6 is 0 Å². The molecule has 8 heteroatoms. The van der Waals surface area contributed by atoms with Gasteiger partial charge in [-0.05, 0) is 31.9 Å². The van der Waals surface area contributed by atoms with Gasteiger partial charge in [0.2, 0.25) is 0 Å². The van der Waals surface area contributed by atoms with E-state index in [1.54, 1.807) is 0 Å². The maximum atomic E-state index is 12.6. The van der Waals surface area contributed by atoms with Crippen molar-refractivity contribution in [3.05, 3.63) is 42.2 Å². The average molecular weight is 415 g/mol. The number of rotatable bonds is 4. The van der Waals surface area contributed by atoms with Gasteiger partial charge in [0, 0.05) is 43.0 Å². The number of fused-ring (bicyclic) bond motifs is 1. The second-order valence-electron chi connectivity index (χ2n) is 8.06. The maximum absolute atomic E-state index is 12.6. The molecule has 1 aromatic carbocycles. The zero-order valence-corrected chi connectivity index (χ0v) is 17.4. The minimum Gasteiger partial charge on any atom is -0.377 e. The summed E-state index contributed by atoms with van der Waals surface area (Å²) in [5.74, 6) is 1.33. The summed E-state index contributed by atoms with van der Waals surface area (Å²) in [4.78, 5) is 15.1. The van der Waals surface area contributed by atoms with E-state index in [1.807, 2.05) is 36.5 Å². The summed E-state index contributed by atoms with van der Waals surface area (Å²) in [7, 11) is -3.28. The van der Waals surface area contributed by atoms with Gasteiger partial charge in [-0.3, -0.25) is 0 Å². The standard InChI is InChI=1S/C21H24N4O3S.H2/c1-14-13-28-11-10-25(14)19-12-18(21(7-8-21)29(2,26)27)23-20(24-19)16-4-3-5-17-15(16)6-9-22-17;/h3-6,9,12,14,22H,7-8,10-11,13H2,1-2H3;1H/t14-;/m1./s1. The first kappa shape index (κ1) is 18.6. The average Bonchev–Trinajstić information content (AvgIpc) is 3.39. The van der Waals surface area contributed by atoms with Crippen molar-refractivity contribution in [2.45, 2.75) is 30.6 Å². The molecule has 7 nitrogen and oxygen atoms in total.